The van der Waals surface area contributed by atoms with Crippen molar-refractivity contribution in [2.75, 3.05) is 7.11 Å². The fourth-order valence-electron chi connectivity index (χ4n) is 2.26. The van der Waals surface area contributed by atoms with Gasteiger partial charge in [-0.25, -0.2) is 0 Å². The van der Waals surface area contributed by atoms with E-state index in [9.17, 15) is 19.7 Å². The van der Waals surface area contributed by atoms with Crippen LogP contribution in [0.5, 0.6) is 5.75 Å². The highest BCUT2D eigenvalue weighted by Gasteiger charge is 2.20. The first-order valence-corrected chi connectivity index (χ1v) is 7.38. The molecular formula is C17H17N3O5. The number of benzene rings is 2. The summed E-state index contributed by atoms with van der Waals surface area (Å²) >= 11 is 0. The highest BCUT2D eigenvalue weighted by atomic mass is 16.6. The highest BCUT2D eigenvalue weighted by molar-refractivity contribution is 5.97. The Morgan fingerprint density at radius 3 is 2.60 bits per heavy atom. The zero-order valence-electron chi connectivity index (χ0n) is 13.5. The van der Waals surface area contributed by atoms with Crippen LogP contribution in [0.15, 0.2) is 48.5 Å². The van der Waals surface area contributed by atoms with E-state index in [0.29, 0.717) is 5.75 Å². The summed E-state index contributed by atoms with van der Waals surface area (Å²) in [6, 6.07) is 11.3. The summed E-state index contributed by atoms with van der Waals surface area (Å²) in [4.78, 5) is 34.1. The van der Waals surface area contributed by atoms with Crippen molar-refractivity contribution >= 4 is 17.5 Å². The van der Waals surface area contributed by atoms with E-state index in [2.05, 4.69) is 5.32 Å². The number of nitro benzene ring substituents is 1. The van der Waals surface area contributed by atoms with Gasteiger partial charge in [0.2, 0.25) is 5.91 Å². The molecule has 0 aliphatic carbocycles. The maximum atomic E-state index is 12.3. The third-order valence-electron chi connectivity index (χ3n) is 3.54. The predicted octanol–water partition coefficient (Wildman–Crippen LogP) is 1.43. The Kier molecular flexibility index (Phi) is 5.67. The number of nitrogens with zero attached hydrogens (tertiary/aromatic N) is 1. The van der Waals surface area contributed by atoms with Gasteiger partial charge in [-0.05, 0) is 23.8 Å². The molecule has 0 saturated carbocycles. The maximum Gasteiger partial charge on any atom is 0.270 e. The number of nitro groups is 1. The molecule has 3 N–H and O–H groups in total. The summed E-state index contributed by atoms with van der Waals surface area (Å²) in [6.45, 7) is 0. The normalized spacial score (nSPS) is 11.4. The lowest BCUT2D eigenvalue weighted by Crippen LogP contribution is -2.45. The molecule has 0 spiro atoms. The molecule has 2 aromatic carbocycles. The lowest BCUT2D eigenvalue weighted by Gasteiger charge is -2.16. The largest absolute Gasteiger partial charge is 0.497 e. The summed E-state index contributed by atoms with van der Waals surface area (Å²) in [5.74, 6) is -0.706. The zero-order valence-corrected chi connectivity index (χ0v) is 13.5. The van der Waals surface area contributed by atoms with E-state index < -0.39 is 22.8 Å². The van der Waals surface area contributed by atoms with Gasteiger partial charge in [-0.3, -0.25) is 19.7 Å². The fraction of sp³-hybridized carbons (Fsp3) is 0.176. The minimum absolute atomic E-state index is 0.0751. The molecule has 2 rings (SSSR count). The lowest BCUT2D eigenvalue weighted by atomic mass is 10.0. The molecule has 8 nitrogen and oxygen atoms in total. The number of primary amides is 1. The minimum Gasteiger partial charge on any atom is -0.497 e. The summed E-state index contributed by atoms with van der Waals surface area (Å²) in [6.07, 6.45) is 0.174. The first kappa shape index (κ1) is 17.9. The van der Waals surface area contributed by atoms with Gasteiger partial charge in [0.05, 0.1) is 12.0 Å². The number of methoxy groups -OCH3 is 1. The van der Waals surface area contributed by atoms with Gasteiger partial charge in [-0.15, -0.1) is 0 Å². The standard InChI is InChI=1S/C17H17N3O5/c1-25-14-7-2-4-11(8-14)9-15(16(18)21)19-17(22)12-5-3-6-13(10-12)20(23)24/h2-8,10,15H,9H2,1H3,(H2,18,21)(H,19,22)/t15-/m1/s1. The first-order chi connectivity index (χ1) is 11.9. The van der Waals surface area contributed by atoms with Crippen LogP contribution in [-0.2, 0) is 11.2 Å². The Morgan fingerprint density at radius 1 is 1.24 bits per heavy atom. The molecule has 8 heteroatoms. The Labute approximate surface area is 143 Å². The third kappa shape index (κ3) is 4.77. The van der Waals surface area contributed by atoms with Gasteiger partial charge >= 0.3 is 0 Å². The van der Waals surface area contributed by atoms with E-state index in [1.54, 1.807) is 24.3 Å². The van der Waals surface area contributed by atoms with E-state index in [4.69, 9.17) is 10.5 Å². The number of nitrogens with two attached hydrogens (primary N) is 1. The highest BCUT2D eigenvalue weighted by Crippen LogP contribution is 2.15. The molecule has 130 valence electrons. The molecule has 2 amide bonds. The molecule has 2 aromatic rings. The number of hydrogen-bond acceptors (Lipinski definition) is 5. The van der Waals surface area contributed by atoms with Crippen molar-refractivity contribution in [1.29, 1.82) is 0 Å². The molecule has 0 aromatic heterocycles. The SMILES string of the molecule is COc1cccc(C[C@@H](NC(=O)c2cccc([N+](=O)[O-])c2)C(N)=O)c1. The molecular weight excluding hydrogens is 326 g/mol. The van der Waals surface area contributed by atoms with Crippen LogP contribution in [0.4, 0.5) is 5.69 Å². The first-order valence-electron chi connectivity index (χ1n) is 7.38. The molecule has 0 saturated heterocycles. The number of ether oxygens (including phenoxy) is 1. The summed E-state index contributed by atoms with van der Waals surface area (Å²) < 4.78 is 5.12. The summed E-state index contributed by atoms with van der Waals surface area (Å²) in [5, 5.41) is 13.3. The second-order valence-electron chi connectivity index (χ2n) is 5.29. The molecule has 0 aliphatic rings. The minimum atomic E-state index is -0.959. The van der Waals surface area contributed by atoms with Crippen LogP contribution in [0.25, 0.3) is 0 Å². The van der Waals surface area contributed by atoms with Gasteiger partial charge in [0, 0.05) is 24.1 Å². The van der Waals surface area contributed by atoms with Crippen LogP contribution in [0.2, 0.25) is 0 Å². The monoisotopic (exact) mass is 343 g/mol. The topological polar surface area (TPSA) is 125 Å². The quantitative estimate of drug-likeness (QED) is 0.581. The molecule has 1 atom stereocenters. The van der Waals surface area contributed by atoms with Crippen LogP contribution in [-0.4, -0.2) is 29.9 Å². The number of rotatable bonds is 7. The second-order valence-corrected chi connectivity index (χ2v) is 5.29. The van der Waals surface area contributed by atoms with Crippen LogP contribution < -0.4 is 15.8 Å². The number of amides is 2. The van der Waals surface area contributed by atoms with Gasteiger partial charge in [0.1, 0.15) is 11.8 Å². The molecule has 0 radical (unpaired) electrons. The molecule has 25 heavy (non-hydrogen) atoms. The maximum absolute atomic E-state index is 12.3. The molecule has 0 unspecified atom stereocenters. The van der Waals surface area contributed by atoms with Crippen molar-refractivity contribution in [1.82, 2.24) is 5.32 Å². The Bertz CT molecular complexity index is 806. The van der Waals surface area contributed by atoms with Gasteiger partial charge in [0.25, 0.3) is 11.6 Å². The Morgan fingerprint density at radius 2 is 1.96 bits per heavy atom. The van der Waals surface area contributed by atoms with Gasteiger partial charge in [-0.2, -0.15) is 0 Å². The number of nitrogens with one attached hydrogen (secondary N) is 1. The summed E-state index contributed by atoms with van der Waals surface area (Å²) in [7, 11) is 1.52. The van der Waals surface area contributed by atoms with Crippen molar-refractivity contribution in [3.63, 3.8) is 0 Å². The van der Waals surface area contributed by atoms with E-state index in [0.717, 1.165) is 11.6 Å². The molecule has 0 fully saturated rings. The molecule has 0 aliphatic heterocycles. The van der Waals surface area contributed by atoms with E-state index >= 15 is 0 Å². The van der Waals surface area contributed by atoms with Crippen LogP contribution >= 0.6 is 0 Å². The van der Waals surface area contributed by atoms with Crippen LogP contribution in [0.1, 0.15) is 15.9 Å². The Hall–Kier alpha value is -3.42. The van der Waals surface area contributed by atoms with E-state index in [-0.39, 0.29) is 17.7 Å². The fourth-order valence-corrected chi connectivity index (χ4v) is 2.26. The molecule has 0 heterocycles. The van der Waals surface area contributed by atoms with Gasteiger partial charge < -0.3 is 15.8 Å². The van der Waals surface area contributed by atoms with Crippen LogP contribution in [0.3, 0.4) is 0 Å². The average Bonchev–Trinajstić information content (AvgIpc) is 2.61. The number of carbonyl (C=O) groups excluding carboxylic acids is 2. The zero-order chi connectivity index (χ0) is 18.4. The predicted molar refractivity (Wildman–Crippen MR) is 90.2 cm³/mol. The van der Waals surface area contributed by atoms with Gasteiger partial charge in [0.15, 0.2) is 0 Å². The molecule has 0 bridgehead atoms. The van der Waals surface area contributed by atoms with Crippen molar-refractivity contribution in [3.8, 4) is 5.75 Å². The number of non-ortho nitro benzene ring substituents is 1. The van der Waals surface area contributed by atoms with E-state index in [1.165, 1.54) is 25.3 Å². The van der Waals surface area contributed by atoms with Crippen molar-refractivity contribution in [2.45, 2.75) is 12.5 Å². The number of carbonyl (C=O) groups is 2. The second kappa shape index (κ2) is 7.91. The third-order valence-corrected chi connectivity index (χ3v) is 3.54. The van der Waals surface area contributed by atoms with Crippen molar-refractivity contribution in [3.05, 3.63) is 69.8 Å². The average molecular weight is 343 g/mol. The smallest absolute Gasteiger partial charge is 0.270 e. The Balaban J connectivity index is 2.15. The number of hydrogen-bond donors (Lipinski definition) is 2. The van der Waals surface area contributed by atoms with Crippen molar-refractivity contribution < 1.29 is 19.2 Å². The van der Waals surface area contributed by atoms with Crippen LogP contribution in [0, 0.1) is 10.1 Å². The van der Waals surface area contributed by atoms with E-state index in [1.807, 2.05) is 0 Å². The summed E-state index contributed by atoms with van der Waals surface area (Å²) in [5.41, 5.74) is 5.98. The van der Waals surface area contributed by atoms with Gasteiger partial charge in [-0.1, -0.05) is 18.2 Å². The van der Waals surface area contributed by atoms with Crippen molar-refractivity contribution in [2.24, 2.45) is 5.73 Å². The lowest BCUT2D eigenvalue weighted by molar-refractivity contribution is -0.384.